The van der Waals surface area contributed by atoms with Crippen LogP contribution in [0.3, 0.4) is 0 Å². The molecule has 0 aliphatic carbocycles. The van der Waals surface area contributed by atoms with Crippen molar-refractivity contribution in [3.05, 3.63) is 36.1 Å². The van der Waals surface area contributed by atoms with Crippen molar-refractivity contribution in [3.8, 4) is 11.5 Å². The highest BCUT2D eigenvalue weighted by molar-refractivity contribution is 7.90. The second kappa shape index (κ2) is 11.1. The summed E-state index contributed by atoms with van der Waals surface area (Å²) < 4.78 is 55.4. The van der Waals surface area contributed by atoms with Gasteiger partial charge in [0, 0.05) is 35.8 Å². The Labute approximate surface area is 244 Å². The quantitative estimate of drug-likeness (QED) is 0.369. The topological polar surface area (TPSA) is 132 Å². The third kappa shape index (κ3) is 6.15. The molecule has 0 spiro atoms. The van der Waals surface area contributed by atoms with Gasteiger partial charge in [-0.05, 0) is 70.7 Å². The predicted molar refractivity (Wildman–Crippen MR) is 157 cm³/mol. The number of fused-ring (bicyclic) bond motifs is 3. The van der Waals surface area contributed by atoms with E-state index in [1.54, 1.807) is 12.1 Å². The summed E-state index contributed by atoms with van der Waals surface area (Å²) in [5.74, 6) is 0.777. The first-order valence-electron chi connectivity index (χ1n) is 13.7. The first-order chi connectivity index (χ1) is 19.8. The van der Waals surface area contributed by atoms with Crippen LogP contribution in [0.1, 0.15) is 46.5 Å². The van der Waals surface area contributed by atoms with Crippen LogP contribution in [0.15, 0.2) is 35.2 Å². The number of halogens is 1. The van der Waals surface area contributed by atoms with Crippen LogP contribution in [0.5, 0.6) is 11.5 Å². The minimum atomic E-state index is -3.58. The SMILES string of the molecule is COc1cc2nc(NC3CC4CCC(C3)N4C(=O)OC(C)(C)C)nc(Nc3ccc(S(C)(=O)=O)cc3F)c2cc1OC. The van der Waals surface area contributed by atoms with Crippen LogP contribution >= 0.6 is 0 Å². The smallest absolute Gasteiger partial charge is 0.410 e. The number of carbonyl (C=O) groups is 1. The third-order valence-corrected chi connectivity index (χ3v) is 8.60. The lowest BCUT2D eigenvalue weighted by Crippen LogP contribution is -2.51. The molecule has 2 N–H and O–H groups in total. The second-order valence-electron chi connectivity index (χ2n) is 11.7. The van der Waals surface area contributed by atoms with Gasteiger partial charge in [0.2, 0.25) is 5.95 Å². The van der Waals surface area contributed by atoms with Crippen LogP contribution in [-0.2, 0) is 14.6 Å². The summed E-state index contributed by atoms with van der Waals surface area (Å²) in [6.45, 7) is 5.58. The summed E-state index contributed by atoms with van der Waals surface area (Å²) >= 11 is 0. The molecule has 3 aromatic rings. The number of nitrogens with zero attached hydrogens (tertiary/aromatic N) is 3. The van der Waals surface area contributed by atoms with Crippen LogP contribution in [0.25, 0.3) is 10.9 Å². The van der Waals surface area contributed by atoms with E-state index >= 15 is 4.39 Å². The van der Waals surface area contributed by atoms with Crippen molar-refractivity contribution in [1.82, 2.24) is 14.9 Å². The number of sulfone groups is 1. The molecular weight excluding hydrogens is 565 g/mol. The summed E-state index contributed by atoms with van der Waals surface area (Å²) in [5, 5.41) is 6.98. The van der Waals surface area contributed by atoms with Gasteiger partial charge in [0.15, 0.2) is 21.3 Å². The van der Waals surface area contributed by atoms with E-state index < -0.39 is 21.3 Å². The van der Waals surface area contributed by atoms with Gasteiger partial charge in [-0.25, -0.2) is 22.6 Å². The molecule has 13 heteroatoms. The molecule has 3 heterocycles. The normalized spacial score (nSPS) is 20.4. The summed E-state index contributed by atoms with van der Waals surface area (Å²) in [6.07, 6.45) is 3.93. The molecule has 2 unspecified atom stereocenters. The highest BCUT2D eigenvalue weighted by Gasteiger charge is 2.45. The van der Waals surface area contributed by atoms with Gasteiger partial charge in [-0.3, -0.25) is 0 Å². The van der Waals surface area contributed by atoms with E-state index in [2.05, 4.69) is 15.6 Å². The number of methoxy groups -OCH3 is 2. The average molecular weight is 602 g/mol. The highest BCUT2D eigenvalue weighted by Crippen LogP contribution is 2.39. The van der Waals surface area contributed by atoms with E-state index in [0.717, 1.165) is 25.2 Å². The third-order valence-electron chi connectivity index (χ3n) is 7.49. The van der Waals surface area contributed by atoms with Crippen LogP contribution in [0.2, 0.25) is 0 Å². The maximum atomic E-state index is 15.0. The number of anilines is 3. The molecule has 226 valence electrons. The zero-order chi connectivity index (χ0) is 30.4. The maximum Gasteiger partial charge on any atom is 0.410 e. The Morgan fingerprint density at radius 1 is 1.02 bits per heavy atom. The van der Waals surface area contributed by atoms with Gasteiger partial charge in [-0.15, -0.1) is 0 Å². The van der Waals surface area contributed by atoms with Crippen LogP contribution < -0.4 is 20.1 Å². The summed E-state index contributed by atoms with van der Waals surface area (Å²) in [7, 11) is -0.545. The van der Waals surface area contributed by atoms with Gasteiger partial charge in [0.1, 0.15) is 17.2 Å². The number of ether oxygens (including phenoxy) is 3. The number of carbonyl (C=O) groups excluding carboxylic acids is 1. The number of aromatic nitrogens is 2. The van der Waals surface area contributed by atoms with Gasteiger partial charge >= 0.3 is 6.09 Å². The molecule has 2 aliphatic rings. The molecule has 2 aromatic carbocycles. The van der Waals surface area contributed by atoms with Crippen molar-refractivity contribution >= 4 is 44.3 Å². The monoisotopic (exact) mass is 601 g/mol. The lowest BCUT2D eigenvalue weighted by molar-refractivity contribution is 0.00681. The fourth-order valence-electron chi connectivity index (χ4n) is 5.66. The minimum Gasteiger partial charge on any atom is -0.493 e. The maximum absolute atomic E-state index is 15.0. The number of amides is 1. The molecule has 2 fully saturated rings. The number of piperidine rings is 1. The van der Waals surface area contributed by atoms with Crippen LogP contribution in [0.4, 0.5) is 26.6 Å². The Morgan fingerprint density at radius 3 is 2.24 bits per heavy atom. The van der Waals surface area contributed by atoms with Crippen molar-refractivity contribution in [3.63, 3.8) is 0 Å². The Balaban J connectivity index is 1.46. The molecule has 0 saturated carbocycles. The first-order valence-corrected chi connectivity index (χ1v) is 15.6. The zero-order valence-corrected chi connectivity index (χ0v) is 25.3. The molecule has 2 saturated heterocycles. The first kappa shape index (κ1) is 29.6. The number of rotatable bonds is 7. The lowest BCUT2D eigenvalue weighted by atomic mass is 9.98. The van der Waals surface area contributed by atoms with E-state index in [0.29, 0.717) is 47.0 Å². The molecule has 42 heavy (non-hydrogen) atoms. The molecule has 0 radical (unpaired) electrons. The number of benzene rings is 2. The fourth-order valence-corrected chi connectivity index (χ4v) is 6.29. The molecule has 2 aliphatic heterocycles. The summed E-state index contributed by atoms with van der Waals surface area (Å²) in [6, 6.07) is 7.16. The molecular formula is C29H36FN5O6S. The molecule has 2 atom stereocenters. The van der Waals surface area contributed by atoms with E-state index in [-0.39, 0.29) is 34.8 Å². The molecule has 11 nitrogen and oxygen atoms in total. The van der Waals surface area contributed by atoms with Crippen molar-refractivity contribution < 1.29 is 31.8 Å². The van der Waals surface area contributed by atoms with Crippen LogP contribution in [-0.4, -0.2) is 73.6 Å². The largest absolute Gasteiger partial charge is 0.493 e. The molecule has 1 aromatic heterocycles. The minimum absolute atomic E-state index is 0.00240. The second-order valence-corrected chi connectivity index (χ2v) is 13.8. The summed E-state index contributed by atoms with van der Waals surface area (Å²) in [5.41, 5.74) is 0.00396. The zero-order valence-electron chi connectivity index (χ0n) is 24.5. The number of hydrogen-bond donors (Lipinski definition) is 2. The average Bonchev–Trinajstić information content (AvgIpc) is 3.18. The van der Waals surface area contributed by atoms with Crippen LogP contribution in [0, 0.1) is 5.82 Å². The van der Waals surface area contributed by atoms with Gasteiger partial charge in [0.05, 0.1) is 30.3 Å². The molecule has 2 bridgehead atoms. The predicted octanol–water partition coefficient (Wildman–Crippen LogP) is 5.28. The number of hydrogen-bond acceptors (Lipinski definition) is 10. The Kier molecular flexibility index (Phi) is 7.82. The van der Waals surface area contributed by atoms with E-state index in [1.807, 2.05) is 25.7 Å². The lowest BCUT2D eigenvalue weighted by Gasteiger charge is -2.39. The Hall–Kier alpha value is -3.87. The van der Waals surface area contributed by atoms with Gasteiger partial charge < -0.3 is 29.7 Å². The fraction of sp³-hybridized carbons (Fsp3) is 0.483. The van der Waals surface area contributed by atoms with Crippen molar-refractivity contribution in [2.45, 2.75) is 75.1 Å². The molecule has 5 rings (SSSR count). The van der Waals surface area contributed by atoms with Crippen molar-refractivity contribution in [2.24, 2.45) is 0 Å². The van der Waals surface area contributed by atoms with Gasteiger partial charge in [-0.1, -0.05) is 0 Å². The highest BCUT2D eigenvalue weighted by atomic mass is 32.2. The van der Waals surface area contributed by atoms with E-state index in [4.69, 9.17) is 19.2 Å². The standard InChI is InChI=1S/C29H36FN5O6S/c1-29(2,3)41-28(36)35-17-7-8-18(35)12-16(11-17)31-27-33-23-15-25(40-5)24(39-4)14-20(23)26(34-27)32-22-10-9-19(13-21(22)30)42(6,37)38/h9-10,13-18H,7-8,11-12H2,1-6H3,(H2,31,32,33,34). The van der Waals surface area contributed by atoms with Gasteiger partial charge in [0.25, 0.3) is 0 Å². The summed E-state index contributed by atoms with van der Waals surface area (Å²) in [4.78, 5) is 24.0. The van der Waals surface area contributed by atoms with Crippen molar-refractivity contribution in [1.29, 1.82) is 0 Å². The Morgan fingerprint density at radius 2 is 1.67 bits per heavy atom. The van der Waals surface area contributed by atoms with E-state index in [9.17, 15) is 13.2 Å². The Bertz CT molecular complexity index is 1610. The van der Waals surface area contributed by atoms with Crippen molar-refractivity contribution in [2.75, 3.05) is 31.1 Å². The van der Waals surface area contributed by atoms with Gasteiger partial charge in [-0.2, -0.15) is 4.98 Å². The van der Waals surface area contributed by atoms with E-state index in [1.165, 1.54) is 26.4 Å². The molecule has 1 amide bonds. The number of nitrogens with one attached hydrogen (secondary N) is 2.